The van der Waals surface area contributed by atoms with Crippen LogP contribution in [0.1, 0.15) is 29.5 Å². The number of urea groups is 1. The van der Waals surface area contributed by atoms with Crippen molar-refractivity contribution in [3.63, 3.8) is 0 Å². The molecule has 3 aliphatic rings. The Labute approximate surface area is 191 Å². The van der Waals surface area contributed by atoms with Gasteiger partial charge in [-0.15, -0.1) is 0 Å². The summed E-state index contributed by atoms with van der Waals surface area (Å²) in [6.45, 7) is 3.26. The van der Waals surface area contributed by atoms with Crippen LogP contribution in [0.25, 0.3) is 0 Å². The lowest BCUT2D eigenvalue weighted by Gasteiger charge is -2.39. The molecule has 1 saturated heterocycles. The van der Waals surface area contributed by atoms with Gasteiger partial charge in [0.2, 0.25) is 6.79 Å². The van der Waals surface area contributed by atoms with Crippen LogP contribution in [0.15, 0.2) is 30.3 Å². The van der Waals surface area contributed by atoms with Gasteiger partial charge in [0.05, 0.1) is 10.0 Å². The molecule has 3 heterocycles. The molecule has 5 rings (SSSR count). The highest BCUT2D eigenvalue weighted by Gasteiger charge is 2.36. The normalized spacial score (nSPS) is 19.1. The fourth-order valence-corrected chi connectivity index (χ4v) is 5.12. The minimum absolute atomic E-state index is 0.0664. The molecule has 2 amide bonds. The van der Waals surface area contributed by atoms with Crippen LogP contribution in [0, 0.1) is 0 Å². The molecule has 0 bridgehead atoms. The predicted octanol–water partition coefficient (Wildman–Crippen LogP) is 4.54. The summed E-state index contributed by atoms with van der Waals surface area (Å²) in [5.41, 5.74) is 3.04. The van der Waals surface area contributed by atoms with Crippen molar-refractivity contribution in [1.29, 1.82) is 0 Å². The molecule has 2 aromatic carbocycles. The van der Waals surface area contributed by atoms with E-state index in [2.05, 4.69) is 11.4 Å². The Balaban J connectivity index is 1.31. The number of carbonyl (C=O) groups excluding carboxylic acids is 1. The average molecular weight is 463 g/mol. The van der Waals surface area contributed by atoms with E-state index in [0.717, 1.165) is 41.0 Å². The van der Waals surface area contributed by atoms with Gasteiger partial charge in [0, 0.05) is 38.3 Å². The van der Waals surface area contributed by atoms with Gasteiger partial charge >= 0.3 is 6.03 Å². The standard InChI is InChI=1S/C23H24Cl2N2O4/c24-18-3-1-15-12-27(8-5-17(15)21(18)25)22(28)26-13-23(6-9-29-10-7-23)16-2-4-19-20(11-16)31-14-30-19/h1-4,11H,5-10,12-14H2,(H,26,28). The molecule has 0 unspecified atom stereocenters. The minimum atomic E-state index is -0.195. The van der Waals surface area contributed by atoms with Crippen LogP contribution >= 0.6 is 23.2 Å². The first-order chi connectivity index (χ1) is 15.1. The summed E-state index contributed by atoms with van der Waals surface area (Å²) in [5.74, 6) is 1.53. The van der Waals surface area contributed by atoms with Crippen molar-refractivity contribution in [3.8, 4) is 11.5 Å². The first-order valence-corrected chi connectivity index (χ1v) is 11.3. The van der Waals surface area contributed by atoms with Crippen molar-refractivity contribution in [2.45, 2.75) is 31.2 Å². The maximum absolute atomic E-state index is 13.0. The number of nitrogens with zero attached hydrogens (tertiary/aromatic N) is 1. The first kappa shape index (κ1) is 20.7. The maximum atomic E-state index is 13.0. The van der Waals surface area contributed by atoms with Crippen molar-refractivity contribution in [2.24, 2.45) is 0 Å². The molecule has 31 heavy (non-hydrogen) atoms. The van der Waals surface area contributed by atoms with Gasteiger partial charge in [0.1, 0.15) is 0 Å². The number of amides is 2. The molecule has 0 atom stereocenters. The van der Waals surface area contributed by atoms with Gasteiger partial charge < -0.3 is 24.4 Å². The van der Waals surface area contributed by atoms with Crippen LogP contribution in [-0.4, -0.2) is 44.0 Å². The van der Waals surface area contributed by atoms with Gasteiger partial charge in [-0.2, -0.15) is 0 Å². The zero-order valence-electron chi connectivity index (χ0n) is 17.1. The summed E-state index contributed by atoms with van der Waals surface area (Å²) >= 11 is 12.5. The average Bonchev–Trinajstić information content (AvgIpc) is 3.28. The van der Waals surface area contributed by atoms with E-state index in [-0.39, 0.29) is 18.2 Å². The van der Waals surface area contributed by atoms with Crippen LogP contribution < -0.4 is 14.8 Å². The van der Waals surface area contributed by atoms with E-state index < -0.39 is 0 Å². The molecule has 0 radical (unpaired) electrons. The maximum Gasteiger partial charge on any atom is 0.317 e. The van der Waals surface area contributed by atoms with Crippen LogP contribution in [-0.2, 0) is 23.1 Å². The third-order valence-corrected chi connectivity index (χ3v) is 7.43. The van der Waals surface area contributed by atoms with Crippen LogP contribution in [0.2, 0.25) is 10.0 Å². The van der Waals surface area contributed by atoms with Gasteiger partial charge in [-0.1, -0.05) is 35.3 Å². The highest BCUT2D eigenvalue weighted by Crippen LogP contribution is 2.40. The second kappa shape index (κ2) is 8.41. The van der Waals surface area contributed by atoms with Crippen LogP contribution in [0.3, 0.4) is 0 Å². The number of fused-ring (bicyclic) bond motifs is 2. The largest absolute Gasteiger partial charge is 0.454 e. The van der Waals surface area contributed by atoms with E-state index in [1.54, 1.807) is 6.07 Å². The Bertz CT molecular complexity index is 1010. The zero-order chi connectivity index (χ0) is 21.4. The summed E-state index contributed by atoms with van der Waals surface area (Å²) in [5, 5.41) is 4.35. The molecule has 0 spiro atoms. The molecular formula is C23H24Cl2N2O4. The number of rotatable bonds is 3. The third-order valence-electron chi connectivity index (χ3n) is 6.59. The summed E-state index contributed by atoms with van der Waals surface area (Å²) in [4.78, 5) is 14.9. The van der Waals surface area contributed by atoms with Crippen molar-refractivity contribution in [1.82, 2.24) is 10.2 Å². The SMILES string of the molecule is O=C(NCC1(c2ccc3c(c2)OCO3)CCOCC1)N1CCc2c(ccc(Cl)c2Cl)C1. The Kier molecular flexibility index (Phi) is 5.63. The smallest absolute Gasteiger partial charge is 0.317 e. The molecule has 1 fully saturated rings. The lowest BCUT2D eigenvalue weighted by molar-refractivity contribution is 0.0500. The number of carbonyl (C=O) groups is 1. The molecule has 0 aliphatic carbocycles. The highest BCUT2D eigenvalue weighted by molar-refractivity contribution is 6.42. The van der Waals surface area contributed by atoms with E-state index in [1.165, 1.54) is 0 Å². The Morgan fingerprint density at radius 2 is 1.90 bits per heavy atom. The Morgan fingerprint density at radius 1 is 1.10 bits per heavy atom. The molecule has 0 aromatic heterocycles. The molecule has 2 aromatic rings. The molecule has 8 heteroatoms. The van der Waals surface area contributed by atoms with Crippen LogP contribution in [0.4, 0.5) is 4.79 Å². The fraction of sp³-hybridized carbons (Fsp3) is 0.435. The lowest BCUT2D eigenvalue weighted by atomic mass is 9.74. The lowest BCUT2D eigenvalue weighted by Crippen LogP contribution is -2.49. The molecular weight excluding hydrogens is 439 g/mol. The number of nitrogens with one attached hydrogen (secondary N) is 1. The summed E-state index contributed by atoms with van der Waals surface area (Å²) in [7, 11) is 0. The molecule has 0 saturated carbocycles. The van der Waals surface area contributed by atoms with E-state index in [1.807, 2.05) is 23.1 Å². The van der Waals surface area contributed by atoms with E-state index in [4.69, 9.17) is 37.4 Å². The first-order valence-electron chi connectivity index (χ1n) is 10.5. The predicted molar refractivity (Wildman–Crippen MR) is 118 cm³/mol. The fourth-order valence-electron chi connectivity index (χ4n) is 4.67. The summed E-state index contributed by atoms with van der Waals surface area (Å²) in [6.07, 6.45) is 2.37. The second-order valence-electron chi connectivity index (χ2n) is 8.29. The molecule has 6 nitrogen and oxygen atoms in total. The quantitative estimate of drug-likeness (QED) is 0.727. The number of hydrogen-bond donors (Lipinski definition) is 1. The number of benzene rings is 2. The molecule has 3 aliphatic heterocycles. The number of halogens is 2. The van der Waals surface area contributed by atoms with Gasteiger partial charge in [0.25, 0.3) is 0 Å². The Hall–Kier alpha value is -2.15. The molecule has 1 N–H and O–H groups in total. The van der Waals surface area contributed by atoms with Crippen molar-refractivity contribution in [3.05, 3.63) is 57.1 Å². The van der Waals surface area contributed by atoms with Gasteiger partial charge in [-0.3, -0.25) is 0 Å². The zero-order valence-corrected chi connectivity index (χ0v) is 18.6. The Morgan fingerprint density at radius 3 is 2.74 bits per heavy atom. The van der Waals surface area contributed by atoms with E-state index in [0.29, 0.717) is 49.3 Å². The van der Waals surface area contributed by atoms with E-state index >= 15 is 0 Å². The summed E-state index contributed by atoms with van der Waals surface area (Å²) < 4.78 is 16.7. The summed E-state index contributed by atoms with van der Waals surface area (Å²) in [6, 6.07) is 9.75. The topological polar surface area (TPSA) is 60.0 Å². The van der Waals surface area contributed by atoms with Gasteiger partial charge in [-0.05, 0) is 54.2 Å². The van der Waals surface area contributed by atoms with Crippen molar-refractivity contribution >= 4 is 29.2 Å². The van der Waals surface area contributed by atoms with Gasteiger partial charge in [-0.25, -0.2) is 4.79 Å². The molecule has 164 valence electrons. The monoisotopic (exact) mass is 462 g/mol. The van der Waals surface area contributed by atoms with Crippen molar-refractivity contribution < 1.29 is 19.0 Å². The third kappa shape index (κ3) is 3.93. The number of hydrogen-bond acceptors (Lipinski definition) is 4. The van der Waals surface area contributed by atoms with Crippen molar-refractivity contribution in [2.75, 3.05) is 33.1 Å². The van der Waals surface area contributed by atoms with Crippen LogP contribution in [0.5, 0.6) is 11.5 Å². The highest BCUT2D eigenvalue weighted by atomic mass is 35.5. The van der Waals surface area contributed by atoms with Gasteiger partial charge in [0.15, 0.2) is 11.5 Å². The number of ether oxygens (including phenoxy) is 3. The van der Waals surface area contributed by atoms with E-state index in [9.17, 15) is 4.79 Å². The second-order valence-corrected chi connectivity index (χ2v) is 9.08. The minimum Gasteiger partial charge on any atom is -0.454 e.